The van der Waals surface area contributed by atoms with Crippen LogP contribution < -0.4 is 15.0 Å². The van der Waals surface area contributed by atoms with Crippen LogP contribution in [0.25, 0.3) is 11.1 Å². The van der Waals surface area contributed by atoms with Crippen molar-refractivity contribution in [2.24, 2.45) is 0 Å². The van der Waals surface area contributed by atoms with Gasteiger partial charge in [0.1, 0.15) is 12.4 Å². The van der Waals surface area contributed by atoms with Gasteiger partial charge < -0.3 is 19.7 Å². The lowest BCUT2D eigenvalue weighted by molar-refractivity contribution is -0.122. The third-order valence-electron chi connectivity index (χ3n) is 5.63. The monoisotopic (exact) mass is 424 g/mol. The molecule has 31 heavy (non-hydrogen) atoms. The van der Waals surface area contributed by atoms with Gasteiger partial charge in [-0.15, -0.1) is 0 Å². The molecule has 0 radical (unpaired) electrons. The highest BCUT2D eigenvalue weighted by atomic mass is 16.5. The Hall–Kier alpha value is -2.37. The highest BCUT2D eigenvalue weighted by Crippen LogP contribution is 2.30. The standard InChI is InChI=1S/C26H36N2O3/c1-3-16-31-24-11-9-10-21(18-24)22-12-13-25-23(17-22)19-27-14-7-5-4-6-8-15-28(25)26(29)20-30-2/h9-13,17-18,27H,3-8,14-16,19-20H2,1-2H3. The summed E-state index contributed by atoms with van der Waals surface area (Å²) in [5, 5.41) is 3.57. The van der Waals surface area contributed by atoms with E-state index in [0.29, 0.717) is 6.61 Å². The smallest absolute Gasteiger partial charge is 0.252 e. The summed E-state index contributed by atoms with van der Waals surface area (Å²) in [4.78, 5) is 14.8. The molecular formula is C26H36N2O3. The van der Waals surface area contributed by atoms with E-state index in [0.717, 1.165) is 67.0 Å². The molecule has 0 saturated carbocycles. The highest BCUT2D eigenvalue weighted by molar-refractivity contribution is 5.95. The molecule has 0 fully saturated rings. The van der Waals surface area contributed by atoms with Gasteiger partial charge >= 0.3 is 0 Å². The molecule has 0 saturated heterocycles. The summed E-state index contributed by atoms with van der Waals surface area (Å²) in [5.74, 6) is 0.908. The van der Waals surface area contributed by atoms with Gasteiger partial charge in [-0.2, -0.15) is 0 Å². The highest BCUT2D eigenvalue weighted by Gasteiger charge is 2.19. The molecule has 0 aromatic heterocycles. The molecule has 1 N–H and O–H groups in total. The largest absolute Gasteiger partial charge is 0.494 e. The number of carbonyl (C=O) groups excluding carboxylic acids is 1. The first kappa shape index (κ1) is 23.3. The lowest BCUT2D eigenvalue weighted by Gasteiger charge is -2.26. The Kier molecular flexibility index (Phi) is 9.38. The maximum absolute atomic E-state index is 12.8. The lowest BCUT2D eigenvalue weighted by atomic mass is 10.00. The van der Waals surface area contributed by atoms with E-state index in [1.807, 2.05) is 17.0 Å². The number of amides is 1. The van der Waals surface area contributed by atoms with Crippen LogP contribution in [-0.2, 0) is 16.1 Å². The first-order chi connectivity index (χ1) is 15.2. The minimum absolute atomic E-state index is 0.0172. The van der Waals surface area contributed by atoms with E-state index in [9.17, 15) is 4.79 Å². The number of hydrogen-bond acceptors (Lipinski definition) is 4. The molecule has 2 aromatic rings. The first-order valence-corrected chi connectivity index (χ1v) is 11.6. The molecule has 0 atom stereocenters. The molecule has 2 aromatic carbocycles. The van der Waals surface area contributed by atoms with Crippen LogP contribution in [0, 0.1) is 0 Å². The molecule has 0 bridgehead atoms. The minimum Gasteiger partial charge on any atom is -0.494 e. The number of hydrogen-bond donors (Lipinski definition) is 1. The molecule has 0 spiro atoms. The Morgan fingerprint density at radius 1 is 1.03 bits per heavy atom. The zero-order valence-corrected chi connectivity index (χ0v) is 19.0. The maximum atomic E-state index is 12.8. The van der Waals surface area contributed by atoms with Crippen LogP contribution in [0.4, 0.5) is 5.69 Å². The van der Waals surface area contributed by atoms with Crippen molar-refractivity contribution in [1.29, 1.82) is 0 Å². The number of methoxy groups -OCH3 is 1. The van der Waals surface area contributed by atoms with Crippen molar-refractivity contribution in [2.75, 3.05) is 38.3 Å². The fourth-order valence-corrected chi connectivity index (χ4v) is 4.01. The summed E-state index contributed by atoms with van der Waals surface area (Å²) >= 11 is 0. The first-order valence-electron chi connectivity index (χ1n) is 11.6. The average molecular weight is 425 g/mol. The number of nitrogens with zero attached hydrogens (tertiary/aromatic N) is 1. The van der Waals surface area contributed by atoms with Crippen LogP contribution in [0.5, 0.6) is 5.75 Å². The zero-order valence-electron chi connectivity index (χ0n) is 19.0. The van der Waals surface area contributed by atoms with Gasteiger partial charge in [0.05, 0.1) is 6.61 Å². The van der Waals surface area contributed by atoms with Gasteiger partial charge in [0.15, 0.2) is 0 Å². The average Bonchev–Trinajstić information content (AvgIpc) is 2.78. The molecule has 1 aliphatic rings. The van der Waals surface area contributed by atoms with Crippen molar-refractivity contribution in [3.8, 4) is 16.9 Å². The Morgan fingerprint density at radius 3 is 2.68 bits per heavy atom. The van der Waals surface area contributed by atoms with Gasteiger partial charge in [-0.05, 0) is 66.8 Å². The number of rotatable bonds is 6. The van der Waals surface area contributed by atoms with E-state index >= 15 is 0 Å². The number of fused-ring (bicyclic) bond motifs is 1. The second kappa shape index (κ2) is 12.5. The predicted molar refractivity (Wildman–Crippen MR) is 127 cm³/mol. The molecule has 168 valence electrons. The summed E-state index contributed by atoms with van der Waals surface area (Å²) < 4.78 is 11.0. The van der Waals surface area contributed by atoms with Crippen molar-refractivity contribution < 1.29 is 14.3 Å². The van der Waals surface area contributed by atoms with E-state index in [1.54, 1.807) is 7.11 Å². The topological polar surface area (TPSA) is 50.8 Å². The molecule has 5 heteroatoms. The van der Waals surface area contributed by atoms with Crippen molar-refractivity contribution in [3.05, 3.63) is 48.0 Å². The number of nitrogens with one attached hydrogen (secondary N) is 1. The molecule has 5 nitrogen and oxygen atoms in total. The Labute approximate surface area is 186 Å². The van der Waals surface area contributed by atoms with E-state index in [1.165, 1.54) is 19.3 Å². The fourth-order valence-electron chi connectivity index (χ4n) is 4.01. The third kappa shape index (κ3) is 6.81. The van der Waals surface area contributed by atoms with E-state index < -0.39 is 0 Å². The lowest BCUT2D eigenvalue weighted by Crippen LogP contribution is -2.36. The summed E-state index contributed by atoms with van der Waals surface area (Å²) in [5.41, 5.74) is 4.38. The van der Waals surface area contributed by atoms with Crippen LogP contribution in [0.15, 0.2) is 42.5 Å². The van der Waals surface area contributed by atoms with Crippen LogP contribution >= 0.6 is 0 Å². The second-order valence-electron chi connectivity index (χ2n) is 8.14. The van der Waals surface area contributed by atoms with Crippen LogP contribution in [-0.4, -0.2) is 39.3 Å². The van der Waals surface area contributed by atoms with Crippen molar-refractivity contribution >= 4 is 11.6 Å². The Morgan fingerprint density at radius 2 is 1.84 bits per heavy atom. The Balaban J connectivity index is 1.94. The van der Waals surface area contributed by atoms with Gasteiger partial charge in [-0.1, -0.05) is 44.4 Å². The van der Waals surface area contributed by atoms with E-state index in [4.69, 9.17) is 9.47 Å². The summed E-state index contributed by atoms with van der Waals surface area (Å²) in [6.45, 7) is 5.40. The fraction of sp³-hybridized carbons (Fsp3) is 0.500. The molecule has 0 unspecified atom stereocenters. The van der Waals surface area contributed by atoms with E-state index in [-0.39, 0.29) is 12.5 Å². The third-order valence-corrected chi connectivity index (χ3v) is 5.63. The predicted octanol–water partition coefficient (Wildman–Crippen LogP) is 5.18. The summed E-state index contributed by atoms with van der Waals surface area (Å²) in [6, 6.07) is 14.6. The molecule has 1 amide bonds. The zero-order chi connectivity index (χ0) is 21.9. The quantitative estimate of drug-likeness (QED) is 0.695. The van der Waals surface area contributed by atoms with Crippen LogP contribution in [0.2, 0.25) is 0 Å². The number of ether oxygens (including phenoxy) is 2. The summed E-state index contributed by atoms with van der Waals surface area (Å²) in [7, 11) is 1.58. The van der Waals surface area contributed by atoms with Crippen molar-refractivity contribution in [1.82, 2.24) is 5.32 Å². The van der Waals surface area contributed by atoms with E-state index in [2.05, 4.69) is 42.6 Å². The maximum Gasteiger partial charge on any atom is 0.252 e. The van der Waals surface area contributed by atoms with Gasteiger partial charge in [0.25, 0.3) is 5.91 Å². The minimum atomic E-state index is 0.0172. The molecule has 3 rings (SSSR count). The molecule has 1 heterocycles. The van der Waals surface area contributed by atoms with Crippen LogP contribution in [0.1, 0.15) is 51.0 Å². The van der Waals surface area contributed by atoms with Crippen molar-refractivity contribution in [2.45, 2.75) is 52.0 Å². The number of anilines is 1. The van der Waals surface area contributed by atoms with Gasteiger partial charge in [-0.25, -0.2) is 0 Å². The number of benzene rings is 2. The normalized spacial score (nSPS) is 15.5. The summed E-state index contributed by atoms with van der Waals surface area (Å²) in [6.07, 6.45) is 6.79. The second-order valence-corrected chi connectivity index (χ2v) is 8.14. The van der Waals surface area contributed by atoms with Gasteiger partial charge in [0, 0.05) is 25.9 Å². The molecule has 0 aliphatic carbocycles. The van der Waals surface area contributed by atoms with Crippen LogP contribution in [0.3, 0.4) is 0 Å². The van der Waals surface area contributed by atoms with Gasteiger partial charge in [0.2, 0.25) is 0 Å². The molecule has 1 aliphatic heterocycles. The SMILES string of the molecule is CCCOc1cccc(-c2ccc3c(c2)CNCCCCCCCN3C(=O)COC)c1. The van der Waals surface area contributed by atoms with Crippen molar-refractivity contribution in [3.63, 3.8) is 0 Å². The number of carbonyl (C=O) groups is 1. The van der Waals surface area contributed by atoms with Gasteiger partial charge in [-0.3, -0.25) is 4.79 Å². The Bertz CT molecular complexity index is 837. The molecular weight excluding hydrogens is 388 g/mol.